The van der Waals surface area contributed by atoms with Gasteiger partial charge in [-0.1, -0.05) is 18.2 Å². The molecule has 0 aliphatic rings. The number of nitrogens with zero attached hydrogens (tertiary/aromatic N) is 1. The molecule has 0 fully saturated rings. The molecule has 2 rings (SSSR count). The fraction of sp³-hybridized carbons (Fsp3) is 0.278. The summed E-state index contributed by atoms with van der Waals surface area (Å²) in [6.07, 6.45) is 3.69. The van der Waals surface area contributed by atoms with E-state index in [-0.39, 0.29) is 11.1 Å². The zero-order chi connectivity index (χ0) is 18.7. The number of benzene rings is 1. The molecule has 25 heavy (non-hydrogen) atoms. The molecule has 0 saturated heterocycles. The molecule has 1 aromatic carbocycles. The van der Waals surface area contributed by atoms with Crippen molar-refractivity contribution >= 4 is 27.3 Å². The van der Waals surface area contributed by atoms with Gasteiger partial charge >= 0.3 is 0 Å². The lowest BCUT2D eigenvalue weighted by atomic mass is 10.0. The zero-order valence-corrected chi connectivity index (χ0v) is 15.3. The predicted molar refractivity (Wildman–Crippen MR) is 98.7 cm³/mol. The summed E-state index contributed by atoms with van der Waals surface area (Å²) in [7, 11) is 0.176. The maximum absolute atomic E-state index is 14.6. The van der Waals surface area contributed by atoms with Crippen molar-refractivity contribution in [2.24, 2.45) is 7.05 Å². The van der Waals surface area contributed by atoms with Gasteiger partial charge in [-0.25, -0.2) is 17.7 Å². The second kappa shape index (κ2) is 7.84. The van der Waals surface area contributed by atoms with Crippen molar-refractivity contribution in [1.82, 2.24) is 9.29 Å². The standard InChI is InChI=1S/C18H20F2N2O2S/c1-11(16(19)9-17(20)12(2)21-25(4)24)15-10-22(3)18(23)14-8-6-5-7-13(14)15/h5-10,12,21H,1-4H3/b16-11-,17-9+. The van der Waals surface area contributed by atoms with E-state index in [1.807, 2.05) is 0 Å². The molecule has 4 nitrogen and oxygen atoms in total. The first kappa shape index (κ1) is 19.2. The Morgan fingerprint density at radius 3 is 2.48 bits per heavy atom. The fourth-order valence-electron chi connectivity index (χ4n) is 2.50. The van der Waals surface area contributed by atoms with E-state index in [9.17, 15) is 17.8 Å². The van der Waals surface area contributed by atoms with Crippen molar-refractivity contribution in [2.75, 3.05) is 6.26 Å². The van der Waals surface area contributed by atoms with Crippen LogP contribution in [0.1, 0.15) is 19.4 Å². The topological polar surface area (TPSA) is 51.1 Å². The number of aryl methyl sites for hydroxylation is 1. The number of rotatable bonds is 5. The van der Waals surface area contributed by atoms with Gasteiger partial charge in [0.15, 0.2) is 0 Å². The highest BCUT2D eigenvalue weighted by Crippen LogP contribution is 2.27. The lowest BCUT2D eigenvalue weighted by Gasteiger charge is -2.11. The average Bonchev–Trinajstić information content (AvgIpc) is 2.56. The molecule has 2 aromatic rings. The van der Waals surface area contributed by atoms with Crippen molar-refractivity contribution in [3.63, 3.8) is 0 Å². The van der Waals surface area contributed by atoms with Gasteiger partial charge < -0.3 is 4.57 Å². The molecule has 0 aliphatic carbocycles. The van der Waals surface area contributed by atoms with Crippen molar-refractivity contribution in [3.05, 3.63) is 64.1 Å². The van der Waals surface area contributed by atoms with Crippen molar-refractivity contribution < 1.29 is 13.0 Å². The largest absolute Gasteiger partial charge is 0.317 e. The van der Waals surface area contributed by atoms with Crippen LogP contribution in [-0.2, 0) is 18.0 Å². The number of nitrogens with one attached hydrogen (secondary N) is 1. The summed E-state index contributed by atoms with van der Waals surface area (Å²) in [6, 6.07) is 6.02. The lowest BCUT2D eigenvalue weighted by Crippen LogP contribution is -2.27. The van der Waals surface area contributed by atoms with Crippen LogP contribution in [0.15, 0.2) is 53.0 Å². The van der Waals surface area contributed by atoms with Gasteiger partial charge in [-0.15, -0.1) is 0 Å². The Bertz CT molecular complexity index is 948. The summed E-state index contributed by atoms with van der Waals surface area (Å²) in [5.41, 5.74) is 0.545. The number of fused-ring (bicyclic) bond motifs is 1. The number of allylic oxidation sites excluding steroid dienone is 3. The summed E-state index contributed by atoms with van der Waals surface area (Å²) in [4.78, 5) is 12.2. The maximum Gasteiger partial charge on any atom is 0.258 e. The summed E-state index contributed by atoms with van der Waals surface area (Å²) in [5.74, 6) is -1.52. The third-order valence-electron chi connectivity index (χ3n) is 3.87. The number of hydrogen-bond donors (Lipinski definition) is 1. The minimum absolute atomic E-state index is 0.183. The monoisotopic (exact) mass is 366 g/mol. The van der Waals surface area contributed by atoms with Gasteiger partial charge in [-0.2, -0.15) is 0 Å². The van der Waals surface area contributed by atoms with Gasteiger partial charge in [-0.05, 0) is 30.9 Å². The molecule has 1 heterocycles. The number of aromatic nitrogens is 1. The van der Waals surface area contributed by atoms with Crippen LogP contribution < -0.4 is 10.3 Å². The second-order valence-electron chi connectivity index (χ2n) is 5.80. The highest BCUT2D eigenvalue weighted by molar-refractivity contribution is 7.82. The summed E-state index contributed by atoms with van der Waals surface area (Å²) >= 11 is 0. The molecule has 0 amide bonds. The van der Waals surface area contributed by atoms with Crippen LogP contribution in [-0.4, -0.2) is 21.1 Å². The minimum atomic E-state index is -1.41. The number of pyridine rings is 1. The van der Waals surface area contributed by atoms with Gasteiger partial charge in [0.1, 0.15) is 11.7 Å². The number of hydrogen-bond acceptors (Lipinski definition) is 2. The quantitative estimate of drug-likeness (QED) is 0.825. The molecular formula is C18H20F2N2O2S. The third-order valence-corrected chi connectivity index (χ3v) is 4.56. The van der Waals surface area contributed by atoms with E-state index in [0.29, 0.717) is 16.3 Å². The van der Waals surface area contributed by atoms with E-state index in [2.05, 4.69) is 4.72 Å². The van der Waals surface area contributed by atoms with Gasteiger partial charge in [0.2, 0.25) is 0 Å². The van der Waals surface area contributed by atoms with Crippen LogP contribution in [0.25, 0.3) is 16.3 Å². The average molecular weight is 366 g/mol. The Balaban J connectivity index is 2.56. The van der Waals surface area contributed by atoms with Crippen molar-refractivity contribution in [3.8, 4) is 0 Å². The summed E-state index contributed by atoms with van der Waals surface area (Å²) in [5, 5.41) is 1.07. The third kappa shape index (κ3) is 4.29. The Hall–Kier alpha value is -2.12. The van der Waals surface area contributed by atoms with E-state index in [0.717, 1.165) is 6.08 Å². The Morgan fingerprint density at radius 1 is 1.28 bits per heavy atom. The fourth-order valence-corrected chi connectivity index (χ4v) is 3.11. The molecule has 1 N–H and O–H groups in total. The highest BCUT2D eigenvalue weighted by Gasteiger charge is 2.14. The van der Waals surface area contributed by atoms with Crippen molar-refractivity contribution in [2.45, 2.75) is 19.9 Å². The van der Waals surface area contributed by atoms with Gasteiger partial charge in [-0.3, -0.25) is 4.79 Å². The molecule has 0 bridgehead atoms. The maximum atomic E-state index is 14.6. The van der Waals surface area contributed by atoms with E-state index in [1.165, 1.54) is 30.9 Å². The predicted octanol–water partition coefficient (Wildman–Crippen LogP) is 3.36. The van der Waals surface area contributed by atoms with E-state index >= 15 is 0 Å². The Morgan fingerprint density at radius 2 is 1.88 bits per heavy atom. The van der Waals surface area contributed by atoms with Crippen LogP contribution in [0.3, 0.4) is 0 Å². The smallest absolute Gasteiger partial charge is 0.258 e. The molecule has 7 heteroatoms. The summed E-state index contributed by atoms with van der Waals surface area (Å²) < 4.78 is 43.6. The molecule has 0 saturated carbocycles. The van der Waals surface area contributed by atoms with E-state index in [4.69, 9.17) is 0 Å². The van der Waals surface area contributed by atoms with Crippen LogP contribution in [0.4, 0.5) is 8.78 Å². The second-order valence-corrected chi connectivity index (χ2v) is 6.94. The SMILES string of the molecule is C/C(=C(F)\C=C(\F)C(C)NS(C)=O)c1cn(C)c(=O)c2ccccc12. The zero-order valence-electron chi connectivity index (χ0n) is 14.5. The van der Waals surface area contributed by atoms with Gasteiger partial charge in [0, 0.05) is 36.5 Å². The molecule has 1 aromatic heterocycles. The molecule has 2 unspecified atom stereocenters. The molecule has 0 spiro atoms. The van der Waals surface area contributed by atoms with E-state index in [1.54, 1.807) is 31.3 Å². The molecular weight excluding hydrogens is 346 g/mol. The number of halogens is 2. The minimum Gasteiger partial charge on any atom is -0.317 e. The van der Waals surface area contributed by atoms with Gasteiger partial charge in [0.05, 0.1) is 17.0 Å². The highest BCUT2D eigenvalue weighted by atomic mass is 32.2. The first-order valence-corrected chi connectivity index (χ1v) is 9.20. The molecule has 0 radical (unpaired) electrons. The van der Waals surface area contributed by atoms with Crippen molar-refractivity contribution in [1.29, 1.82) is 0 Å². The molecule has 2 atom stereocenters. The Labute approximate surface area is 147 Å². The van der Waals surface area contributed by atoms with Crippen LogP contribution in [0, 0.1) is 0 Å². The first-order valence-electron chi connectivity index (χ1n) is 7.64. The van der Waals surface area contributed by atoms with Gasteiger partial charge in [0.25, 0.3) is 5.56 Å². The van der Waals surface area contributed by atoms with Crippen LogP contribution in [0.2, 0.25) is 0 Å². The normalized spacial score (nSPS) is 15.8. The Kier molecular flexibility index (Phi) is 6.02. The molecule has 134 valence electrons. The lowest BCUT2D eigenvalue weighted by molar-refractivity contribution is 0.530. The van der Waals surface area contributed by atoms with Crippen LogP contribution in [0.5, 0.6) is 0 Å². The van der Waals surface area contributed by atoms with E-state index < -0.39 is 28.7 Å². The summed E-state index contributed by atoms with van der Waals surface area (Å²) in [6.45, 7) is 2.99. The molecule has 0 aliphatic heterocycles. The van der Waals surface area contributed by atoms with Crippen LogP contribution >= 0.6 is 0 Å². The first-order chi connectivity index (χ1) is 11.7.